The van der Waals surface area contributed by atoms with Crippen molar-refractivity contribution in [3.05, 3.63) is 75.1 Å². The molecule has 0 saturated heterocycles. The molecule has 1 aliphatic heterocycles. The van der Waals surface area contributed by atoms with Gasteiger partial charge in [0.2, 0.25) is 5.91 Å². The summed E-state index contributed by atoms with van der Waals surface area (Å²) >= 11 is 1.63. The minimum atomic E-state index is -0.276. The standard InChI is InChI=1S/C25H25N3O3S/c1-16-5-10-20-21(14-16)25(31)28(24(20)30)13-3-4-23(29)26-12-11-18-6-8-19(9-7-18)22-15-32-17(2)27-22/h5-10,14-15H,3-4,11-13H2,1-2H3,(H,26,29). The molecule has 0 unspecified atom stereocenters. The number of imide groups is 1. The van der Waals surface area contributed by atoms with Crippen molar-refractivity contribution in [2.24, 2.45) is 0 Å². The number of nitrogens with one attached hydrogen (secondary N) is 1. The molecule has 0 radical (unpaired) electrons. The van der Waals surface area contributed by atoms with Gasteiger partial charge in [-0.05, 0) is 44.4 Å². The predicted molar refractivity (Wildman–Crippen MR) is 125 cm³/mol. The normalized spacial score (nSPS) is 12.9. The molecule has 2 aromatic carbocycles. The van der Waals surface area contributed by atoms with Gasteiger partial charge in [0.1, 0.15) is 0 Å². The van der Waals surface area contributed by atoms with Gasteiger partial charge in [0.05, 0.1) is 21.8 Å². The summed E-state index contributed by atoms with van der Waals surface area (Å²) in [4.78, 5) is 42.8. The van der Waals surface area contributed by atoms with E-state index in [2.05, 4.69) is 34.6 Å². The van der Waals surface area contributed by atoms with Crippen LogP contribution < -0.4 is 5.32 Å². The quantitative estimate of drug-likeness (QED) is 0.526. The summed E-state index contributed by atoms with van der Waals surface area (Å²) in [5.74, 6) is -0.626. The molecule has 0 bridgehead atoms. The van der Waals surface area contributed by atoms with Gasteiger partial charge in [-0.2, -0.15) is 0 Å². The summed E-state index contributed by atoms with van der Waals surface area (Å²) in [7, 11) is 0. The zero-order chi connectivity index (χ0) is 22.7. The average molecular weight is 448 g/mol. The fourth-order valence-electron chi connectivity index (χ4n) is 3.78. The fraction of sp³-hybridized carbons (Fsp3) is 0.280. The van der Waals surface area contributed by atoms with Crippen LogP contribution in [-0.2, 0) is 11.2 Å². The number of rotatable bonds is 8. The van der Waals surface area contributed by atoms with Crippen LogP contribution in [0.3, 0.4) is 0 Å². The van der Waals surface area contributed by atoms with Crippen molar-refractivity contribution in [1.82, 2.24) is 15.2 Å². The maximum absolute atomic E-state index is 12.5. The first kappa shape index (κ1) is 21.9. The van der Waals surface area contributed by atoms with E-state index < -0.39 is 0 Å². The van der Waals surface area contributed by atoms with Crippen LogP contribution in [-0.4, -0.2) is 40.7 Å². The Morgan fingerprint density at radius 1 is 1.03 bits per heavy atom. The molecule has 1 aliphatic rings. The van der Waals surface area contributed by atoms with Crippen LogP contribution in [0.4, 0.5) is 0 Å². The lowest BCUT2D eigenvalue weighted by molar-refractivity contribution is -0.121. The highest BCUT2D eigenvalue weighted by atomic mass is 32.1. The zero-order valence-electron chi connectivity index (χ0n) is 18.2. The molecule has 32 heavy (non-hydrogen) atoms. The first-order chi connectivity index (χ1) is 15.4. The molecule has 0 fully saturated rings. The third kappa shape index (κ3) is 4.78. The highest BCUT2D eigenvalue weighted by Gasteiger charge is 2.34. The van der Waals surface area contributed by atoms with Gasteiger partial charge >= 0.3 is 0 Å². The molecule has 164 valence electrons. The van der Waals surface area contributed by atoms with E-state index in [0.29, 0.717) is 24.1 Å². The number of aryl methyl sites for hydroxylation is 2. The smallest absolute Gasteiger partial charge is 0.261 e. The van der Waals surface area contributed by atoms with E-state index in [1.807, 2.05) is 25.3 Å². The summed E-state index contributed by atoms with van der Waals surface area (Å²) in [5, 5.41) is 6.01. The highest BCUT2D eigenvalue weighted by molar-refractivity contribution is 7.09. The van der Waals surface area contributed by atoms with Gasteiger partial charge in [-0.3, -0.25) is 19.3 Å². The molecule has 2 heterocycles. The molecule has 0 atom stereocenters. The van der Waals surface area contributed by atoms with Gasteiger partial charge in [-0.25, -0.2) is 4.98 Å². The number of nitrogens with zero attached hydrogens (tertiary/aromatic N) is 2. The van der Waals surface area contributed by atoms with E-state index in [0.717, 1.165) is 33.8 Å². The molecule has 3 aromatic rings. The number of amides is 3. The van der Waals surface area contributed by atoms with Crippen LogP contribution >= 0.6 is 11.3 Å². The van der Waals surface area contributed by atoms with Gasteiger partial charge in [-0.15, -0.1) is 11.3 Å². The Morgan fingerprint density at radius 3 is 2.50 bits per heavy atom. The van der Waals surface area contributed by atoms with E-state index in [4.69, 9.17) is 0 Å². The monoisotopic (exact) mass is 447 g/mol. The molecule has 0 aliphatic carbocycles. The van der Waals surface area contributed by atoms with Gasteiger partial charge in [0.15, 0.2) is 0 Å². The summed E-state index contributed by atoms with van der Waals surface area (Å²) in [5.41, 5.74) is 5.06. The third-order valence-corrected chi connectivity index (χ3v) is 6.29. The van der Waals surface area contributed by atoms with Crippen LogP contribution in [0.1, 0.15) is 49.7 Å². The third-order valence-electron chi connectivity index (χ3n) is 5.52. The maximum Gasteiger partial charge on any atom is 0.261 e. The van der Waals surface area contributed by atoms with Gasteiger partial charge in [0.25, 0.3) is 11.8 Å². The number of carbonyl (C=O) groups is 3. The number of fused-ring (bicyclic) bond motifs is 1. The van der Waals surface area contributed by atoms with E-state index in [-0.39, 0.29) is 30.7 Å². The number of benzene rings is 2. The average Bonchev–Trinajstić information content (AvgIpc) is 3.31. The number of thiazole rings is 1. The molecule has 6 nitrogen and oxygen atoms in total. The second-order valence-electron chi connectivity index (χ2n) is 7.96. The Labute approximate surface area is 191 Å². The lowest BCUT2D eigenvalue weighted by atomic mass is 10.1. The zero-order valence-corrected chi connectivity index (χ0v) is 19.0. The molecular weight excluding hydrogens is 422 g/mol. The van der Waals surface area contributed by atoms with Crippen LogP contribution in [0.15, 0.2) is 47.8 Å². The van der Waals surface area contributed by atoms with Crippen molar-refractivity contribution in [2.75, 3.05) is 13.1 Å². The van der Waals surface area contributed by atoms with Gasteiger partial charge in [0, 0.05) is 30.5 Å². The lowest BCUT2D eigenvalue weighted by Gasteiger charge is -2.13. The predicted octanol–water partition coefficient (Wildman–Crippen LogP) is 4.16. The summed E-state index contributed by atoms with van der Waals surface area (Å²) in [6.07, 6.45) is 1.45. The van der Waals surface area contributed by atoms with Gasteiger partial charge < -0.3 is 5.32 Å². The topological polar surface area (TPSA) is 79.4 Å². The second-order valence-corrected chi connectivity index (χ2v) is 9.03. The van der Waals surface area contributed by atoms with Crippen LogP contribution in [0, 0.1) is 13.8 Å². The van der Waals surface area contributed by atoms with Crippen molar-refractivity contribution in [3.8, 4) is 11.3 Å². The molecule has 0 saturated carbocycles. The van der Waals surface area contributed by atoms with Crippen molar-refractivity contribution in [2.45, 2.75) is 33.1 Å². The molecule has 4 rings (SSSR count). The number of hydrogen-bond acceptors (Lipinski definition) is 5. The first-order valence-electron chi connectivity index (χ1n) is 10.7. The van der Waals surface area contributed by atoms with E-state index in [1.54, 1.807) is 23.5 Å². The van der Waals surface area contributed by atoms with Crippen LogP contribution in [0.5, 0.6) is 0 Å². The van der Waals surface area contributed by atoms with E-state index in [9.17, 15) is 14.4 Å². The fourth-order valence-corrected chi connectivity index (χ4v) is 4.40. The van der Waals surface area contributed by atoms with E-state index in [1.165, 1.54) is 4.90 Å². The SMILES string of the molecule is Cc1ccc2c(c1)C(=O)N(CCCC(=O)NCCc1ccc(-c3csc(C)n3)cc1)C2=O. The molecule has 0 spiro atoms. The number of carbonyl (C=O) groups excluding carboxylic acids is 3. The minimum Gasteiger partial charge on any atom is -0.356 e. The molecular formula is C25H25N3O3S. The van der Waals surface area contributed by atoms with E-state index >= 15 is 0 Å². The second kappa shape index (κ2) is 9.44. The van der Waals surface area contributed by atoms with Crippen molar-refractivity contribution >= 4 is 29.1 Å². The molecule has 1 aromatic heterocycles. The Balaban J connectivity index is 1.19. The van der Waals surface area contributed by atoms with Crippen LogP contribution in [0.25, 0.3) is 11.3 Å². The molecule has 7 heteroatoms. The summed E-state index contributed by atoms with van der Waals surface area (Å²) in [6, 6.07) is 13.5. The Bertz CT molecular complexity index is 1170. The lowest BCUT2D eigenvalue weighted by Crippen LogP contribution is -2.32. The van der Waals surface area contributed by atoms with Gasteiger partial charge in [-0.1, -0.05) is 35.9 Å². The minimum absolute atomic E-state index is 0.0768. The Kier molecular flexibility index (Phi) is 6.46. The summed E-state index contributed by atoms with van der Waals surface area (Å²) < 4.78 is 0. The Hall–Kier alpha value is -3.32. The number of aromatic nitrogens is 1. The molecule has 1 N–H and O–H groups in total. The number of hydrogen-bond donors (Lipinski definition) is 1. The van der Waals surface area contributed by atoms with Crippen LogP contribution in [0.2, 0.25) is 0 Å². The van der Waals surface area contributed by atoms with Crippen molar-refractivity contribution < 1.29 is 14.4 Å². The Morgan fingerprint density at radius 2 is 1.78 bits per heavy atom. The maximum atomic E-state index is 12.5. The first-order valence-corrected chi connectivity index (χ1v) is 11.6. The van der Waals surface area contributed by atoms with Crippen molar-refractivity contribution in [1.29, 1.82) is 0 Å². The largest absolute Gasteiger partial charge is 0.356 e. The highest BCUT2D eigenvalue weighted by Crippen LogP contribution is 2.24. The summed E-state index contributed by atoms with van der Waals surface area (Å²) in [6.45, 7) is 4.67. The molecule has 3 amide bonds. The van der Waals surface area contributed by atoms with Crippen molar-refractivity contribution in [3.63, 3.8) is 0 Å².